The average Bonchev–Trinajstić information content (AvgIpc) is 2.59. The molecule has 1 aromatic heterocycles. The lowest BCUT2D eigenvalue weighted by Gasteiger charge is -2.26. The Bertz CT molecular complexity index is 897. The molecule has 0 saturated heterocycles. The molecule has 0 radical (unpaired) electrons. The minimum absolute atomic E-state index is 0.000991. The molecule has 0 saturated carbocycles. The Morgan fingerprint density at radius 3 is 2.83 bits per heavy atom. The maximum absolute atomic E-state index is 11.5. The number of H-pyrrole nitrogens is 1. The predicted molar refractivity (Wildman–Crippen MR) is 93.5 cm³/mol. The number of pyridine rings is 1. The van der Waals surface area contributed by atoms with Crippen molar-refractivity contribution in [3.05, 3.63) is 81.8 Å². The van der Waals surface area contributed by atoms with Crippen molar-refractivity contribution < 1.29 is 0 Å². The lowest BCUT2D eigenvalue weighted by Crippen LogP contribution is -2.27. The highest BCUT2D eigenvalue weighted by Crippen LogP contribution is 2.28. The minimum atomic E-state index is -0.000991. The molecule has 1 aliphatic rings. The van der Waals surface area contributed by atoms with E-state index >= 15 is 0 Å². The number of nitrogens with one attached hydrogen (secondary N) is 2. The molecule has 116 valence electrons. The van der Waals surface area contributed by atoms with Crippen molar-refractivity contribution in [2.45, 2.75) is 31.8 Å². The second-order valence-corrected chi connectivity index (χ2v) is 6.26. The van der Waals surface area contributed by atoms with Crippen LogP contribution < -0.4 is 10.9 Å². The summed E-state index contributed by atoms with van der Waals surface area (Å²) < 4.78 is 0. The topological polar surface area (TPSA) is 44.9 Å². The zero-order valence-corrected chi connectivity index (χ0v) is 13.0. The molecule has 0 fully saturated rings. The van der Waals surface area contributed by atoms with E-state index in [2.05, 4.69) is 52.8 Å². The van der Waals surface area contributed by atoms with E-state index in [1.54, 1.807) is 6.07 Å². The van der Waals surface area contributed by atoms with Crippen LogP contribution in [0.3, 0.4) is 0 Å². The summed E-state index contributed by atoms with van der Waals surface area (Å²) in [4.78, 5) is 14.5. The SMILES string of the molecule is O=c1ccc2c([nH]1)CCC[C@@H]2NCc1ccc2ccccc2c1. The molecule has 0 spiro atoms. The highest BCUT2D eigenvalue weighted by Gasteiger charge is 2.20. The molecule has 1 heterocycles. The highest BCUT2D eigenvalue weighted by molar-refractivity contribution is 5.82. The Balaban J connectivity index is 1.54. The Labute approximate surface area is 135 Å². The monoisotopic (exact) mass is 304 g/mol. The van der Waals surface area contributed by atoms with Crippen LogP contribution in [0.2, 0.25) is 0 Å². The number of benzene rings is 2. The minimum Gasteiger partial charge on any atom is -0.326 e. The Morgan fingerprint density at radius 2 is 1.91 bits per heavy atom. The lowest BCUT2D eigenvalue weighted by atomic mass is 9.91. The van der Waals surface area contributed by atoms with E-state index in [-0.39, 0.29) is 5.56 Å². The Morgan fingerprint density at radius 1 is 1.04 bits per heavy atom. The molecule has 23 heavy (non-hydrogen) atoms. The third kappa shape index (κ3) is 2.92. The molecule has 1 aliphatic carbocycles. The van der Waals surface area contributed by atoms with Crippen molar-refractivity contribution in [1.82, 2.24) is 10.3 Å². The van der Waals surface area contributed by atoms with Gasteiger partial charge in [0, 0.05) is 24.3 Å². The summed E-state index contributed by atoms with van der Waals surface area (Å²) in [5, 5.41) is 6.21. The van der Waals surface area contributed by atoms with E-state index in [0.29, 0.717) is 6.04 Å². The quantitative estimate of drug-likeness (QED) is 0.775. The number of aromatic amines is 1. The third-order valence-electron chi connectivity index (χ3n) is 4.70. The van der Waals surface area contributed by atoms with Gasteiger partial charge in [0.15, 0.2) is 0 Å². The van der Waals surface area contributed by atoms with Crippen LogP contribution in [-0.2, 0) is 13.0 Å². The Kier molecular flexibility index (Phi) is 3.72. The van der Waals surface area contributed by atoms with E-state index < -0.39 is 0 Å². The smallest absolute Gasteiger partial charge is 0.248 e. The van der Waals surface area contributed by atoms with Crippen molar-refractivity contribution in [3.8, 4) is 0 Å². The zero-order valence-electron chi connectivity index (χ0n) is 13.0. The van der Waals surface area contributed by atoms with Gasteiger partial charge in [-0.3, -0.25) is 4.79 Å². The van der Waals surface area contributed by atoms with E-state index in [9.17, 15) is 4.79 Å². The van der Waals surface area contributed by atoms with E-state index in [1.165, 1.54) is 21.9 Å². The number of aromatic nitrogens is 1. The van der Waals surface area contributed by atoms with Crippen molar-refractivity contribution >= 4 is 10.8 Å². The summed E-state index contributed by atoms with van der Waals surface area (Å²) >= 11 is 0. The molecule has 2 N–H and O–H groups in total. The van der Waals surface area contributed by atoms with Gasteiger partial charge in [0.1, 0.15) is 0 Å². The van der Waals surface area contributed by atoms with Crippen LogP contribution in [-0.4, -0.2) is 4.98 Å². The van der Waals surface area contributed by atoms with Crippen LogP contribution >= 0.6 is 0 Å². The van der Waals surface area contributed by atoms with Gasteiger partial charge in [-0.15, -0.1) is 0 Å². The van der Waals surface area contributed by atoms with Crippen molar-refractivity contribution in [1.29, 1.82) is 0 Å². The summed E-state index contributed by atoms with van der Waals surface area (Å²) in [6.07, 6.45) is 3.20. The summed E-state index contributed by atoms with van der Waals surface area (Å²) in [6.45, 7) is 0.841. The van der Waals surface area contributed by atoms with Gasteiger partial charge in [-0.2, -0.15) is 0 Å². The van der Waals surface area contributed by atoms with Crippen LogP contribution in [0.1, 0.15) is 35.7 Å². The van der Waals surface area contributed by atoms with Gasteiger partial charge < -0.3 is 10.3 Å². The molecule has 3 nitrogen and oxygen atoms in total. The molecule has 3 aromatic rings. The molecule has 0 bridgehead atoms. The Hall–Kier alpha value is -2.39. The summed E-state index contributed by atoms with van der Waals surface area (Å²) in [5.74, 6) is 0. The normalized spacial score (nSPS) is 17.1. The first kappa shape index (κ1) is 14.2. The van der Waals surface area contributed by atoms with Crippen molar-refractivity contribution in [3.63, 3.8) is 0 Å². The standard InChI is InChI=1S/C20H20N2O/c23-20-11-10-17-18(6-3-7-19(17)22-20)21-13-14-8-9-15-4-1-2-5-16(15)12-14/h1-2,4-5,8-12,18,21H,3,6-7,13H2,(H,22,23)/t18-/m0/s1. The maximum Gasteiger partial charge on any atom is 0.248 e. The molecule has 4 rings (SSSR count). The van der Waals surface area contributed by atoms with Gasteiger partial charge in [-0.05, 0) is 47.2 Å². The van der Waals surface area contributed by atoms with E-state index in [4.69, 9.17) is 0 Å². The number of aryl methyl sites for hydroxylation is 1. The van der Waals surface area contributed by atoms with Gasteiger partial charge in [-0.25, -0.2) is 0 Å². The first-order valence-electron chi connectivity index (χ1n) is 8.23. The van der Waals surface area contributed by atoms with Gasteiger partial charge in [-0.1, -0.05) is 42.5 Å². The molecule has 0 unspecified atom stereocenters. The summed E-state index contributed by atoms with van der Waals surface area (Å²) in [6, 6.07) is 19.0. The third-order valence-corrected chi connectivity index (χ3v) is 4.70. The summed E-state index contributed by atoms with van der Waals surface area (Å²) in [7, 11) is 0. The highest BCUT2D eigenvalue weighted by atomic mass is 16.1. The fourth-order valence-corrected chi connectivity index (χ4v) is 3.50. The molecule has 0 aliphatic heterocycles. The van der Waals surface area contributed by atoms with Crippen molar-refractivity contribution in [2.75, 3.05) is 0 Å². The average molecular weight is 304 g/mol. The van der Waals surface area contributed by atoms with Gasteiger partial charge in [0.25, 0.3) is 0 Å². The first-order chi connectivity index (χ1) is 11.3. The predicted octanol–water partition coefficient (Wildman–Crippen LogP) is 3.70. The maximum atomic E-state index is 11.5. The molecular formula is C20H20N2O. The largest absolute Gasteiger partial charge is 0.326 e. The van der Waals surface area contributed by atoms with Crippen LogP contribution in [0.4, 0.5) is 0 Å². The van der Waals surface area contributed by atoms with Gasteiger partial charge in [0.2, 0.25) is 5.56 Å². The molecular weight excluding hydrogens is 284 g/mol. The van der Waals surface area contributed by atoms with Crippen LogP contribution in [0.25, 0.3) is 10.8 Å². The fourth-order valence-electron chi connectivity index (χ4n) is 3.50. The van der Waals surface area contributed by atoms with Crippen LogP contribution in [0, 0.1) is 0 Å². The molecule has 3 heteroatoms. The number of hydrogen-bond acceptors (Lipinski definition) is 2. The zero-order chi connectivity index (χ0) is 15.6. The molecule has 2 aromatic carbocycles. The van der Waals surface area contributed by atoms with E-state index in [0.717, 1.165) is 31.5 Å². The number of fused-ring (bicyclic) bond motifs is 2. The van der Waals surface area contributed by atoms with Gasteiger partial charge in [0.05, 0.1) is 0 Å². The van der Waals surface area contributed by atoms with Crippen LogP contribution in [0.5, 0.6) is 0 Å². The molecule has 1 atom stereocenters. The van der Waals surface area contributed by atoms with Crippen molar-refractivity contribution in [2.24, 2.45) is 0 Å². The fraction of sp³-hybridized carbons (Fsp3) is 0.250. The number of hydrogen-bond donors (Lipinski definition) is 2. The first-order valence-corrected chi connectivity index (χ1v) is 8.23. The second kappa shape index (κ2) is 6.01. The van der Waals surface area contributed by atoms with E-state index in [1.807, 2.05) is 6.07 Å². The second-order valence-electron chi connectivity index (χ2n) is 6.26. The van der Waals surface area contributed by atoms with Crippen LogP contribution in [0.15, 0.2) is 59.4 Å². The molecule has 0 amide bonds. The lowest BCUT2D eigenvalue weighted by molar-refractivity contribution is 0.453. The van der Waals surface area contributed by atoms with Gasteiger partial charge >= 0.3 is 0 Å². The number of rotatable bonds is 3. The summed E-state index contributed by atoms with van der Waals surface area (Å²) in [5.41, 5.74) is 3.63.